The first-order valence-electron chi connectivity index (χ1n) is 7.76. The average molecular weight is 364 g/mol. The van der Waals surface area contributed by atoms with Crippen molar-refractivity contribution in [3.05, 3.63) is 0 Å². The molecule has 0 saturated carbocycles. The van der Waals surface area contributed by atoms with Crippen LogP contribution in [0.3, 0.4) is 0 Å². The topological polar surface area (TPSA) is 168 Å². The van der Waals surface area contributed by atoms with Crippen molar-refractivity contribution in [3.63, 3.8) is 0 Å². The van der Waals surface area contributed by atoms with Crippen molar-refractivity contribution in [1.82, 2.24) is 10.6 Å². The van der Waals surface area contributed by atoms with E-state index in [1.807, 2.05) is 6.26 Å². The number of carboxylic acids is 1. The highest BCUT2D eigenvalue weighted by Crippen LogP contribution is 2.04. The lowest BCUT2D eigenvalue weighted by Gasteiger charge is -2.22. The molecular formula is C14H28N4O5S. The molecule has 140 valence electrons. The molecule has 3 atom stereocenters. The van der Waals surface area contributed by atoms with Gasteiger partial charge in [-0.05, 0) is 44.2 Å². The van der Waals surface area contributed by atoms with E-state index in [9.17, 15) is 14.4 Å². The van der Waals surface area contributed by atoms with E-state index in [1.165, 1.54) is 0 Å². The van der Waals surface area contributed by atoms with Crippen molar-refractivity contribution >= 4 is 29.5 Å². The van der Waals surface area contributed by atoms with Gasteiger partial charge < -0.3 is 32.3 Å². The number of aliphatic carboxylic acids is 1. The van der Waals surface area contributed by atoms with E-state index in [2.05, 4.69) is 10.6 Å². The lowest BCUT2D eigenvalue weighted by atomic mass is 10.1. The van der Waals surface area contributed by atoms with Crippen LogP contribution < -0.4 is 22.1 Å². The average Bonchev–Trinajstić information content (AvgIpc) is 2.55. The van der Waals surface area contributed by atoms with Crippen LogP contribution in [0.25, 0.3) is 0 Å². The molecule has 0 aliphatic heterocycles. The Morgan fingerprint density at radius 1 is 1.08 bits per heavy atom. The summed E-state index contributed by atoms with van der Waals surface area (Å²) >= 11 is 1.56. The minimum Gasteiger partial charge on any atom is -0.480 e. The van der Waals surface area contributed by atoms with Crippen LogP contribution in [0.1, 0.15) is 25.7 Å². The normalized spacial score (nSPS) is 14.5. The van der Waals surface area contributed by atoms with E-state index in [-0.39, 0.29) is 0 Å². The number of nitrogens with one attached hydrogen (secondary N) is 2. The Hall–Kier alpha value is -1.36. The third-order valence-corrected chi connectivity index (χ3v) is 3.99. The van der Waals surface area contributed by atoms with Crippen molar-refractivity contribution < 1.29 is 24.6 Å². The van der Waals surface area contributed by atoms with Gasteiger partial charge in [-0.1, -0.05) is 0 Å². The molecule has 0 radical (unpaired) electrons. The van der Waals surface area contributed by atoms with Gasteiger partial charge in [-0.15, -0.1) is 0 Å². The number of aliphatic hydroxyl groups is 1. The van der Waals surface area contributed by atoms with Gasteiger partial charge in [-0.25, -0.2) is 4.79 Å². The highest BCUT2D eigenvalue weighted by Gasteiger charge is 2.27. The van der Waals surface area contributed by atoms with Gasteiger partial charge >= 0.3 is 5.97 Å². The van der Waals surface area contributed by atoms with Crippen molar-refractivity contribution in [2.45, 2.75) is 43.8 Å². The van der Waals surface area contributed by atoms with E-state index >= 15 is 0 Å². The highest BCUT2D eigenvalue weighted by atomic mass is 32.2. The summed E-state index contributed by atoms with van der Waals surface area (Å²) in [5, 5.41) is 22.6. The van der Waals surface area contributed by atoms with Crippen LogP contribution in [-0.4, -0.2) is 71.3 Å². The van der Waals surface area contributed by atoms with Crippen molar-refractivity contribution in [2.75, 3.05) is 25.2 Å². The number of aliphatic hydroxyl groups excluding tert-OH is 1. The first kappa shape index (κ1) is 22.6. The van der Waals surface area contributed by atoms with Crippen LogP contribution in [0.5, 0.6) is 0 Å². The number of carbonyl (C=O) groups is 3. The fourth-order valence-electron chi connectivity index (χ4n) is 1.87. The Bertz CT molecular complexity index is 411. The second-order valence-electron chi connectivity index (χ2n) is 5.32. The summed E-state index contributed by atoms with van der Waals surface area (Å²) in [4.78, 5) is 35.2. The smallest absolute Gasteiger partial charge is 0.328 e. The number of amides is 2. The zero-order valence-electron chi connectivity index (χ0n) is 13.9. The number of carbonyl (C=O) groups excluding carboxylic acids is 2. The number of hydrogen-bond acceptors (Lipinski definition) is 7. The van der Waals surface area contributed by atoms with E-state index < -0.39 is 42.5 Å². The molecule has 10 heteroatoms. The predicted molar refractivity (Wildman–Crippen MR) is 92.5 cm³/mol. The maximum atomic E-state index is 12.2. The minimum absolute atomic E-state index is 0.307. The molecule has 24 heavy (non-hydrogen) atoms. The summed E-state index contributed by atoms with van der Waals surface area (Å²) in [7, 11) is 0. The summed E-state index contributed by atoms with van der Waals surface area (Å²) in [6, 6.07) is -3.08. The van der Waals surface area contributed by atoms with Crippen LogP contribution in [0, 0.1) is 0 Å². The molecule has 0 aromatic carbocycles. The Labute approximate surface area is 145 Å². The summed E-state index contributed by atoms with van der Waals surface area (Å²) < 4.78 is 0. The Balaban J connectivity index is 4.79. The maximum Gasteiger partial charge on any atom is 0.328 e. The van der Waals surface area contributed by atoms with Gasteiger partial charge in [0, 0.05) is 0 Å². The monoisotopic (exact) mass is 364 g/mol. The number of nitrogens with two attached hydrogens (primary N) is 2. The summed E-state index contributed by atoms with van der Waals surface area (Å²) in [6.07, 6.45) is 3.93. The fraction of sp³-hybridized carbons (Fsp3) is 0.786. The zero-order chi connectivity index (χ0) is 18.5. The standard InChI is InChI=1S/C14H28N4O5S/c1-24-7-5-9(16)12(20)17-10(4-2-3-6-15)13(21)18-11(8-19)14(22)23/h9-11,19H,2-8,15-16H2,1H3,(H,17,20)(H,18,21)(H,22,23)/t9-,10-,11-/m0/s1. The van der Waals surface area contributed by atoms with Crippen LogP contribution in [0.15, 0.2) is 0 Å². The van der Waals surface area contributed by atoms with Crippen LogP contribution in [0.2, 0.25) is 0 Å². The summed E-state index contributed by atoms with van der Waals surface area (Å²) in [6.45, 7) is -0.290. The zero-order valence-corrected chi connectivity index (χ0v) is 14.7. The molecule has 8 N–H and O–H groups in total. The largest absolute Gasteiger partial charge is 0.480 e. The quantitative estimate of drug-likeness (QED) is 0.209. The first-order chi connectivity index (χ1) is 11.4. The number of hydrogen-bond donors (Lipinski definition) is 6. The Morgan fingerprint density at radius 2 is 1.71 bits per heavy atom. The lowest BCUT2D eigenvalue weighted by Crippen LogP contribution is -2.55. The van der Waals surface area contributed by atoms with Gasteiger partial charge in [0.25, 0.3) is 0 Å². The number of carboxylic acid groups (broad SMARTS) is 1. The Morgan fingerprint density at radius 3 is 2.21 bits per heavy atom. The van der Waals surface area contributed by atoms with Crippen molar-refractivity contribution in [3.8, 4) is 0 Å². The van der Waals surface area contributed by atoms with Crippen molar-refractivity contribution in [1.29, 1.82) is 0 Å². The summed E-state index contributed by atoms with van der Waals surface area (Å²) in [5.41, 5.74) is 11.2. The molecule has 0 spiro atoms. The van der Waals surface area contributed by atoms with Crippen LogP contribution in [-0.2, 0) is 14.4 Å². The van der Waals surface area contributed by atoms with Crippen LogP contribution >= 0.6 is 11.8 Å². The van der Waals surface area contributed by atoms with E-state index in [4.69, 9.17) is 21.7 Å². The third kappa shape index (κ3) is 9.06. The SMILES string of the molecule is CSCC[C@H](N)C(=O)N[C@@H](CCCCN)C(=O)N[C@@H](CO)C(=O)O. The Kier molecular flexibility index (Phi) is 12.3. The third-order valence-electron chi connectivity index (χ3n) is 3.35. The molecule has 0 aromatic rings. The molecule has 2 amide bonds. The minimum atomic E-state index is -1.42. The number of unbranched alkanes of at least 4 members (excludes halogenated alkanes) is 1. The number of rotatable bonds is 13. The molecule has 0 rings (SSSR count). The van der Waals surface area contributed by atoms with Gasteiger partial charge in [0.2, 0.25) is 11.8 Å². The molecule has 0 unspecified atom stereocenters. The number of thioether (sulfide) groups is 1. The molecule has 9 nitrogen and oxygen atoms in total. The van der Waals surface area contributed by atoms with E-state index in [0.717, 1.165) is 0 Å². The predicted octanol–water partition coefficient (Wildman–Crippen LogP) is -1.76. The van der Waals surface area contributed by atoms with Crippen LogP contribution in [0.4, 0.5) is 0 Å². The van der Waals surface area contributed by atoms with Crippen molar-refractivity contribution in [2.24, 2.45) is 11.5 Å². The molecule has 0 heterocycles. The van der Waals surface area contributed by atoms with Gasteiger partial charge in [0.05, 0.1) is 12.6 Å². The van der Waals surface area contributed by atoms with Gasteiger partial charge in [-0.2, -0.15) is 11.8 Å². The molecule has 0 bridgehead atoms. The second kappa shape index (κ2) is 13.0. The van der Waals surface area contributed by atoms with E-state index in [0.29, 0.717) is 38.0 Å². The molecule has 0 aliphatic carbocycles. The lowest BCUT2D eigenvalue weighted by molar-refractivity contribution is -0.143. The summed E-state index contributed by atoms with van der Waals surface area (Å²) in [5.74, 6) is -1.77. The molecule has 0 aliphatic rings. The van der Waals surface area contributed by atoms with Gasteiger partial charge in [0.15, 0.2) is 0 Å². The molecular weight excluding hydrogens is 336 g/mol. The highest BCUT2D eigenvalue weighted by molar-refractivity contribution is 7.98. The van der Waals surface area contributed by atoms with Gasteiger partial charge in [0.1, 0.15) is 12.1 Å². The van der Waals surface area contributed by atoms with E-state index in [1.54, 1.807) is 11.8 Å². The first-order valence-corrected chi connectivity index (χ1v) is 9.15. The molecule has 0 saturated heterocycles. The molecule has 0 aromatic heterocycles. The fourth-order valence-corrected chi connectivity index (χ4v) is 2.36. The second-order valence-corrected chi connectivity index (χ2v) is 6.30. The molecule has 0 fully saturated rings. The van der Waals surface area contributed by atoms with Gasteiger partial charge in [-0.3, -0.25) is 9.59 Å². The maximum absolute atomic E-state index is 12.2.